The van der Waals surface area contributed by atoms with Gasteiger partial charge in [-0.2, -0.15) is 0 Å². The van der Waals surface area contributed by atoms with Crippen molar-refractivity contribution < 1.29 is 49.2 Å². The molecule has 0 bridgehead atoms. The van der Waals surface area contributed by atoms with Crippen LogP contribution in [0.4, 0.5) is 0 Å². The second kappa shape index (κ2) is 9.18. The van der Waals surface area contributed by atoms with Crippen molar-refractivity contribution in [3.05, 3.63) is 71.3 Å². The zero-order chi connectivity index (χ0) is 15.0. The summed E-state index contributed by atoms with van der Waals surface area (Å²) in [7, 11) is 0. The monoisotopic (exact) mass is 509 g/mol. The van der Waals surface area contributed by atoms with E-state index < -0.39 is 39.7 Å². The van der Waals surface area contributed by atoms with E-state index in [0.29, 0.717) is 13.2 Å². The Hall–Kier alpha value is -0.198. The molecular formula is C19H22AcO2. The zero-order valence-corrected chi connectivity index (χ0v) is 17.7. The Morgan fingerprint density at radius 3 is 2.45 bits per heavy atom. The fourth-order valence-corrected chi connectivity index (χ4v) is 9.76. The summed E-state index contributed by atoms with van der Waals surface area (Å²) in [6, 6.07) is 19.2. The standard InChI is InChI=1S/C19H22O2.Ac/c1-17-8-5-6-11-19(17)12-7-13-20-14-15-21-16-18-9-3-2-4-10-18;/h2-11H,1,12-16H2;. The molecule has 1 aliphatic rings. The van der Waals surface area contributed by atoms with Gasteiger partial charge in [0.05, 0.1) is 0 Å². The van der Waals surface area contributed by atoms with Crippen LogP contribution >= 0.6 is 0 Å². The summed E-state index contributed by atoms with van der Waals surface area (Å²) in [6.45, 7) is 3.04. The molecule has 1 aliphatic heterocycles. The first-order valence-corrected chi connectivity index (χ1v) is 14.1. The van der Waals surface area contributed by atoms with Crippen molar-refractivity contribution in [2.45, 2.75) is 15.7 Å². The topological polar surface area (TPSA) is 18.5 Å². The van der Waals surface area contributed by atoms with Gasteiger partial charge in [0.15, 0.2) is 0 Å². The van der Waals surface area contributed by atoms with E-state index in [4.69, 9.17) is 9.47 Å². The predicted octanol–water partition coefficient (Wildman–Crippen LogP) is 3.85. The molecule has 0 aromatic heterocycles. The molecular weight excluding hydrogens is 487 g/mol. The Kier molecular flexibility index (Phi) is 6.95. The summed E-state index contributed by atoms with van der Waals surface area (Å²) in [5.74, 6) is 0. The van der Waals surface area contributed by atoms with Crippen LogP contribution in [0, 0.1) is 39.7 Å². The number of hydrogen-bond acceptors (Lipinski definition) is 2. The van der Waals surface area contributed by atoms with Crippen molar-refractivity contribution in [2.24, 2.45) is 0 Å². The van der Waals surface area contributed by atoms with E-state index in [9.17, 15) is 0 Å². The van der Waals surface area contributed by atoms with Gasteiger partial charge in [0.2, 0.25) is 0 Å². The van der Waals surface area contributed by atoms with Gasteiger partial charge in [0, 0.05) is 0 Å². The van der Waals surface area contributed by atoms with Crippen molar-refractivity contribution in [3.8, 4) is 0 Å². The first-order chi connectivity index (χ1) is 10.9. The molecule has 0 spiro atoms. The minimum atomic E-state index is -0.770. The van der Waals surface area contributed by atoms with Crippen LogP contribution in [0.3, 0.4) is 0 Å². The molecule has 22 heavy (non-hydrogen) atoms. The zero-order valence-electron chi connectivity index (χ0n) is 12.9. The van der Waals surface area contributed by atoms with Crippen LogP contribution in [0.5, 0.6) is 0 Å². The number of hydrogen-bond donors (Lipinski definition) is 0. The summed E-state index contributed by atoms with van der Waals surface area (Å²) in [5.41, 5.74) is 4.40. The molecule has 1 heterocycles. The molecule has 1 atom stereocenters. The minimum absolute atomic E-state index is 0.681. The van der Waals surface area contributed by atoms with Crippen molar-refractivity contribution in [3.63, 3.8) is 0 Å². The first kappa shape index (κ1) is 16.7. The van der Waals surface area contributed by atoms with Gasteiger partial charge in [-0.1, -0.05) is 0 Å². The summed E-state index contributed by atoms with van der Waals surface area (Å²) < 4.78 is 13.8. The third kappa shape index (κ3) is 5.17. The molecule has 113 valence electrons. The quantitative estimate of drug-likeness (QED) is 0.529. The molecule has 3 heteroatoms. The normalized spacial score (nSPS) is 16.5. The Morgan fingerprint density at radius 1 is 0.864 bits per heavy atom. The van der Waals surface area contributed by atoms with Crippen LogP contribution in [-0.2, 0) is 24.1 Å². The SMILES string of the molecule is c1ccc(COCCOC[CH]2Cc3ccccc3[CH2][Ac]2)cc1. The molecule has 0 saturated heterocycles. The van der Waals surface area contributed by atoms with Gasteiger partial charge in [-0.15, -0.1) is 0 Å². The molecule has 0 radical (unpaired) electrons. The molecule has 0 amide bonds. The Bertz CT molecular complexity index is 571. The predicted molar refractivity (Wildman–Crippen MR) is 84.5 cm³/mol. The molecule has 0 saturated carbocycles. The van der Waals surface area contributed by atoms with E-state index in [-0.39, 0.29) is 0 Å². The molecule has 2 aromatic carbocycles. The molecule has 0 fully saturated rings. The first-order valence-electron chi connectivity index (χ1n) is 8.01. The Morgan fingerprint density at radius 2 is 1.59 bits per heavy atom. The maximum absolute atomic E-state index is 5.86. The van der Waals surface area contributed by atoms with Gasteiger partial charge in [-0.3, -0.25) is 0 Å². The summed E-state index contributed by atoms with van der Waals surface area (Å²) in [4.78, 5) is 0. The van der Waals surface area contributed by atoms with Crippen molar-refractivity contribution >= 4 is 0 Å². The Balaban J connectivity index is 1.30. The summed E-state index contributed by atoms with van der Waals surface area (Å²) in [6.07, 6.45) is 1.25. The molecule has 1 unspecified atom stereocenters. The van der Waals surface area contributed by atoms with E-state index in [1.807, 2.05) is 18.2 Å². The number of rotatable bonds is 7. The number of ether oxygens (including phenoxy) is 2. The van der Waals surface area contributed by atoms with Crippen molar-refractivity contribution in [1.82, 2.24) is 0 Å². The van der Waals surface area contributed by atoms with E-state index >= 15 is 0 Å². The van der Waals surface area contributed by atoms with E-state index in [1.54, 1.807) is 11.1 Å². The van der Waals surface area contributed by atoms with Gasteiger partial charge in [-0.25, -0.2) is 0 Å². The molecule has 3 rings (SSSR count). The van der Waals surface area contributed by atoms with E-state index in [1.165, 1.54) is 13.6 Å². The van der Waals surface area contributed by atoms with Crippen LogP contribution in [0.2, 0.25) is 1.10 Å². The Labute approximate surface area is 154 Å². The molecule has 2 nitrogen and oxygen atoms in total. The second-order valence-electron chi connectivity index (χ2n) is 5.79. The molecule has 2 aromatic rings. The maximum atomic E-state index is 5.86. The van der Waals surface area contributed by atoms with Crippen LogP contribution in [0.25, 0.3) is 0 Å². The third-order valence-corrected chi connectivity index (χ3v) is 11.4. The van der Waals surface area contributed by atoms with Gasteiger partial charge >= 0.3 is 156 Å². The average molecular weight is 509 g/mol. The fourth-order valence-electron chi connectivity index (χ4n) is 2.86. The van der Waals surface area contributed by atoms with Crippen LogP contribution in [-0.4, -0.2) is 19.8 Å². The van der Waals surface area contributed by atoms with Crippen molar-refractivity contribution in [2.75, 3.05) is 19.8 Å². The van der Waals surface area contributed by atoms with Gasteiger partial charge in [0.25, 0.3) is 0 Å². The average Bonchev–Trinajstić information content (AvgIpc) is 2.59. The van der Waals surface area contributed by atoms with Crippen LogP contribution in [0.15, 0.2) is 54.6 Å². The molecule has 0 N–H and O–H groups in total. The van der Waals surface area contributed by atoms with Crippen LogP contribution in [0.1, 0.15) is 16.7 Å². The van der Waals surface area contributed by atoms with Gasteiger partial charge in [-0.05, 0) is 0 Å². The van der Waals surface area contributed by atoms with Gasteiger partial charge in [0.1, 0.15) is 0 Å². The summed E-state index contributed by atoms with van der Waals surface area (Å²) >= 11 is -0.770. The van der Waals surface area contributed by atoms with Crippen molar-refractivity contribution in [1.29, 1.82) is 0 Å². The fraction of sp³-hybridized carbons (Fsp3) is 0.368. The molecule has 0 aliphatic carbocycles. The van der Waals surface area contributed by atoms with E-state index in [2.05, 4.69) is 36.4 Å². The van der Waals surface area contributed by atoms with Crippen LogP contribution < -0.4 is 0 Å². The second-order valence-corrected chi connectivity index (χ2v) is 13.3. The number of fused-ring (bicyclic) bond motifs is 1. The number of benzene rings is 2. The summed E-state index contributed by atoms with van der Waals surface area (Å²) in [5, 5.41) is 0. The van der Waals surface area contributed by atoms with Gasteiger partial charge < -0.3 is 0 Å². The van der Waals surface area contributed by atoms with E-state index in [0.717, 1.165) is 14.3 Å². The third-order valence-electron chi connectivity index (χ3n) is 4.09.